The van der Waals surface area contributed by atoms with Crippen LogP contribution in [0.2, 0.25) is 0 Å². The summed E-state index contributed by atoms with van der Waals surface area (Å²) in [5.74, 6) is 1.70. The molecular weight excluding hydrogens is 384 g/mol. The summed E-state index contributed by atoms with van der Waals surface area (Å²) in [5, 5.41) is 30.0. The van der Waals surface area contributed by atoms with Gasteiger partial charge in [-0.25, -0.2) is 0 Å². The fraction of sp³-hybridized carbons (Fsp3) is 0.235. The van der Waals surface area contributed by atoms with Crippen molar-refractivity contribution in [3.05, 3.63) is 46.7 Å². The average molecular weight is 400 g/mol. The SMILES string of the molecule is CCc1sc(-c2nnc(CSc3nnnn3-c3ccc(O)cc3)o2)cc1C. The van der Waals surface area contributed by atoms with Crippen molar-refractivity contribution < 1.29 is 9.52 Å². The number of thiophene rings is 1. The third-order valence-corrected chi connectivity index (χ3v) is 6.15. The first-order valence-electron chi connectivity index (χ1n) is 8.26. The first kappa shape index (κ1) is 17.7. The lowest BCUT2D eigenvalue weighted by Gasteiger charge is -2.03. The van der Waals surface area contributed by atoms with Crippen molar-refractivity contribution in [1.82, 2.24) is 30.4 Å². The van der Waals surface area contributed by atoms with Gasteiger partial charge in [0.15, 0.2) is 0 Å². The topological polar surface area (TPSA) is 103 Å². The van der Waals surface area contributed by atoms with E-state index in [1.165, 1.54) is 22.2 Å². The number of nitrogens with zero attached hydrogens (tertiary/aromatic N) is 6. The van der Waals surface area contributed by atoms with Crippen molar-refractivity contribution in [2.75, 3.05) is 0 Å². The molecule has 27 heavy (non-hydrogen) atoms. The zero-order chi connectivity index (χ0) is 18.8. The van der Waals surface area contributed by atoms with Crippen LogP contribution in [0.15, 0.2) is 39.9 Å². The van der Waals surface area contributed by atoms with Crippen molar-refractivity contribution >= 4 is 23.1 Å². The lowest BCUT2D eigenvalue weighted by Crippen LogP contribution is -1.98. The van der Waals surface area contributed by atoms with E-state index in [0.29, 0.717) is 22.7 Å². The molecule has 10 heteroatoms. The number of rotatable bonds is 6. The van der Waals surface area contributed by atoms with E-state index in [1.807, 2.05) is 0 Å². The largest absolute Gasteiger partial charge is 0.508 e. The zero-order valence-electron chi connectivity index (χ0n) is 14.7. The summed E-state index contributed by atoms with van der Waals surface area (Å²) >= 11 is 3.08. The van der Waals surface area contributed by atoms with Crippen LogP contribution in [0.25, 0.3) is 16.5 Å². The van der Waals surface area contributed by atoms with E-state index in [9.17, 15) is 5.11 Å². The van der Waals surface area contributed by atoms with Gasteiger partial charge < -0.3 is 9.52 Å². The Morgan fingerprint density at radius 2 is 2.00 bits per heavy atom. The molecule has 0 radical (unpaired) electrons. The molecule has 0 atom stereocenters. The Hall–Kier alpha value is -2.72. The highest BCUT2D eigenvalue weighted by atomic mass is 32.2. The monoisotopic (exact) mass is 400 g/mol. The average Bonchev–Trinajstić information content (AvgIpc) is 3.39. The minimum atomic E-state index is 0.189. The van der Waals surface area contributed by atoms with Crippen LogP contribution in [0.3, 0.4) is 0 Å². The molecule has 1 N–H and O–H groups in total. The summed E-state index contributed by atoms with van der Waals surface area (Å²) in [6.07, 6.45) is 0.993. The number of phenols is 1. The van der Waals surface area contributed by atoms with Crippen molar-refractivity contribution in [2.45, 2.75) is 31.2 Å². The molecule has 1 aromatic carbocycles. The van der Waals surface area contributed by atoms with E-state index in [4.69, 9.17) is 4.42 Å². The molecule has 0 saturated carbocycles. The maximum absolute atomic E-state index is 9.41. The van der Waals surface area contributed by atoms with Crippen LogP contribution in [0, 0.1) is 6.92 Å². The van der Waals surface area contributed by atoms with Crippen molar-refractivity contribution in [3.8, 4) is 22.2 Å². The maximum atomic E-state index is 9.41. The lowest BCUT2D eigenvalue weighted by molar-refractivity contribution is 0.475. The van der Waals surface area contributed by atoms with Gasteiger partial charge in [0.2, 0.25) is 11.0 Å². The Labute approximate surface area is 163 Å². The van der Waals surface area contributed by atoms with Crippen LogP contribution < -0.4 is 0 Å². The Morgan fingerprint density at radius 3 is 2.74 bits per heavy atom. The number of tetrazole rings is 1. The van der Waals surface area contributed by atoms with Gasteiger partial charge in [0.1, 0.15) is 5.75 Å². The first-order chi connectivity index (χ1) is 13.1. The van der Waals surface area contributed by atoms with Crippen LogP contribution >= 0.6 is 23.1 Å². The first-order valence-corrected chi connectivity index (χ1v) is 10.1. The van der Waals surface area contributed by atoms with Gasteiger partial charge in [0.05, 0.1) is 16.3 Å². The van der Waals surface area contributed by atoms with Crippen molar-refractivity contribution in [3.63, 3.8) is 0 Å². The number of hydrogen-bond acceptors (Lipinski definition) is 9. The number of aryl methyl sites for hydroxylation is 2. The van der Waals surface area contributed by atoms with E-state index < -0.39 is 0 Å². The minimum Gasteiger partial charge on any atom is -0.508 e. The molecule has 4 aromatic rings. The van der Waals surface area contributed by atoms with Crippen LogP contribution in [0.1, 0.15) is 23.3 Å². The van der Waals surface area contributed by atoms with E-state index in [-0.39, 0.29) is 5.75 Å². The molecule has 0 unspecified atom stereocenters. The standard InChI is InChI=1S/C17H16N6O2S2/c1-3-13-10(2)8-14(27-13)16-19-18-15(25-16)9-26-17-20-21-22-23(17)11-4-6-12(24)7-5-11/h4-8,24H,3,9H2,1-2H3. The molecular formula is C17H16N6O2S2. The second kappa shape index (κ2) is 7.49. The molecule has 138 valence electrons. The number of aromatic hydroxyl groups is 1. The molecule has 0 bridgehead atoms. The zero-order valence-corrected chi connectivity index (χ0v) is 16.3. The second-order valence-electron chi connectivity index (χ2n) is 5.75. The summed E-state index contributed by atoms with van der Waals surface area (Å²) in [4.78, 5) is 2.31. The van der Waals surface area contributed by atoms with E-state index in [2.05, 4.69) is 45.6 Å². The van der Waals surface area contributed by atoms with Gasteiger partial charge in [-0.15, -0.1) is 26.6 Å². The van der Waals surface area contributed by atoms with Crippen LogP contribution in [0.5, 0.6) is 5.75 Å². The molecule has 0 fully saturated rings. The van der Waals surface area contributed by atoms with Crippen LogP contribution in [-0.4, -0.2) is 35.5 Å². The number of phenolic OH excluding ortho intramolecular Hbond substituents is 1. The molecule has 4 rings (SSSR count). The summed E-state index contributed by atoms with van der Waals surface area (Å²) < 4.78 is 7.39. The van der Waals surface area contributed by atoms with Gasteiger partial charge in [-0.05, 0) is 59.7 Å². The summed E-state index contributed by atoms with van der Waals surface area (Å²) in [7, 11) is 0. The normalized spacial score (nSPS) is 11.2. The molecule has 0 aliphatic heterocycles. The van der Waals surface area contributed by atoms with E-state index >= 15 is 0 Å². The van der Waals surface area contributed by atoms with Gasteiger partial charge in [-0.3, -0.25) is 0 Å². The Balaban J connectivity index is 1.48. The third-order valence-electron chi connectivity index (χ3n) is 3.88. The van der Waals surface area contributed by atoms with E-state index in [1.54, 1.807) is 40.3 Å². The Bertz CT molecular complexity index is 1050. The molecule has 0 amide bonds. The molecule has 0 saturated heterocycles. The van der Waals surface area contributed by atoms with Crippen molar-refractivity contribution in [2.24, 2.45) is 0 Å². The quantitative estimate of drug-likeness (QED) is 0.489. The number of benzene rings is 1. The highest BCUT2D eigenvalue weighted by molar-refractivity contribution is 7.98. The Morgan fingerprint density at radius 1 is 1.19 bits per heavy atom. The van der Waals surface area contributed by atoms with Crippen LogP contribution in [-0.2, 0) is 12.2 Å². The van der Waals surface area contributed by atoms with Gasteiger partial charge >= 0.3 is 0 Å². The maximum Gasteiger partial charge on any atom is 0.257 e. The lowest BCUT2D eigenvalue weighted by atomic mass is 10.2. The highest BCUT2D eigenvalue weighted by Gasteiger charge is 2.15. The Kier molecular flexibility index (Phi) is 4.90. The molecule has 0 aliphatic carbocycles. The van der Waals surface area contributed by atoms with Gasteiger partial charge in [-0.1, -0.05) is 18.7 Å². The third kappa shape index (κ3) is 3.71. The number of hydrogen-bond donors (Lipinski definition) is 1. The second-order valence-corrected chi connectivity index (χ2v) is 7.83. The van der Waals surface area contributed by atoms with Gasteiger partial charge in [0, 0.05) is 4.88 Å². The fourth-order valence-electron chi connectivity index (χ4n) is 2.54. The highest BCUT2D eigenvalue weighted by Crippen LogP contribution is 2.31. The molecule has 8 nitrogen and oxygen atoms in total. The summed E-state index contributed by atoms with van der Waals surface area (Å²) in [6, 6.07) is 8.74. The minimum absolute atomic E-state index is 0.189. The number of aromatic nitrogens is 6. The smallest absolute Gasteiger partial charge is 0.257 e. The molecule has 0 spiro atoms. The number of thioether (sulfide) groups is 1. The summed E-state index contributed by atoms with van der Waals surface area (Å²) in [5.41, 5.74) is 2.01. The molecule has 3 heterocycles. The molecule has 0 aliphatic rings. The fourth-order valence-corrected chi connectivity index (χ4v) is 4.30. The van der Waals surface area contributed by atoms with Gasteiger partial charge in [-0.2, -0.15) is 4.68 Å². The molecule has 3 aromatic heterocycles. The van der Waals surface area contributed by atoms with E-state index in [0.717, 1.165) is 17.0 Å². The predicted octanol–water partition coefficient (Wildman–Crippen LogP) is 3.64. The predicted molar refractivity (Wildman–Crippen MR) is 102 cm³/mol. The van der Waals surface area contributed by atoms with Gasteiger partial charge in [0.25, 0.3) is 5.89 Å². The van der Waals surface area contributed by atoms with Crippen molar-refractivity contribution in [1.29, 1.82) is 0 Å². The summed E-state index contributed by atoms with van der Waals surface area (Å²) in [6.45, 7) is 4.23. The van der Waals surface area contributed by atoms with Crippen LogP contribution in [0.4, 0.5) is 0 Å².